The average Bonchev–Trinajstić information content (AvgIpc) is 2.85. The van der Waals surface area contributed by atoms with E-state index < -0.39 is 0 Å². The first-order chi connectivity index (χ1) is 10.2. The van der Waals surface area contributed by atoms with Crippen molar-refractivity contribution in [3.05, 3.63) is 51.5 Å². The van der Waals surface area contributed by atoms with E-state index in [1.807, 2.05) is 0 Å². The minimum Gasteiger partial charge on any atom is -0.353 e. The smallest absolute Gasteiger partial charge is 0.255 e. The molecule has 1 aliphatic heterocycles. The molecule has 0 saturated heterocycles. The van der Waals surface area contributed by atoms with Crippen molar-refractivity contribution < 1.29 is 0 Å². The molecule has 0 radical (unpaired) electrons. The summed E-state index contributed by atoms with van der Waals surface area (Å²) in [7, 11) is 2.05. The van der Waals surface area contributed by atoms with Gasteiger partial charge in [-0.15, -0.1) is 0 Å². The van der Waals surface area contributed by atoms with Crippen LogP contribution in [0, 0.1) is 0 Å². The van der Waals surface area contributed by atoms with Crippen LogP contribution in [0.4, 0.5) is 0 Å². The number of nitrogens with zero attached hydrogens (tertiary/aromatic N) is 3. The molecule has 3 rings (SSSR count). The Morgan fingerprint density at radius 2 is 2.29 bits per heavy atom. The van der Waals surface area contributed by atoms with E-state index in [2.05, 4.69) is 51.7 Å². The number of rotatable bonds is 4. The number of aromatic nitrogens is 3. The largest absolute Gasteiger partial charge is 0.353 e. The maximum Gasteiger partial charge on any atom is 0.255 e. The summed E-state index contributed by atoms with van der Waals surface area (Å²) in [4.78, 5) is 22.1. The van der Waals surface area contributed by atoms with Crippen LogP contribution >= 0.6 is 0 Å². The molecule has 1 N–H and O–H groups in total. The Kier molecular flexibility index (Phi) is 3.92. The van der Waals surface area contributed by atoms with Crippen molar-refractivity contribution in [3.8, 4) is 0 Å². The van der Waals surface area contributed by atoms with Crippen LogP contribution in [0.15, 0.2) is 23.1 Å². The molecule has 5 nitrogen and oxygen atoms in total. The molecule has 3 heterocycles. The monoisotopic (exact) mass is 286 g/mol. The standard InChI is InChI=1S/C16H22N4O/c1-3-5-15-17-14-7-9-20(11-13(14)16(21)18-15)10-12-6-4-8-19(12)2/h4,6,8H,3,5,7,9-11H2,1-2H3,(H,17,18,21). The van der Waals surface area contributed by atoms with Crippen LogP contribution in [-0.4, -0.2) is 26.0 Å². The second-order valence-electron chi connectivity index (χ2n) is 5.76. The molecular formula is C16H22N4O. The highest BCUT2D eigenvalue weighted by molar-refractivity contribution is 5.21. The zero-order valence-corrected chi connectivity index (χ0v) is 12.7. The summed E-state index contributed by atoms with van der Waals surface area (Å²) in [6.45, 7) is 4.62. The number of nitrogens with one attached hydrogen (secondary N) is 1. The van der Waals surface area contributed by atoms with Crippen molar-refractivity contribution in [2.45, 2.75) is 39.3 Å². The molecule has 0 aliphatic carbocycles. The van der Waals surface area contributed by atoms with E-state index in [4.69, 9.17) is 0 Å². The zero-order chi connectivity index (χ0) is 14.8. The van der Waals surface area contributed by atoms with E-state index in [1.54, 1.807) is 0 Å². The lowest BCUT2D eigenvalue weighted by Gasteiger charge is -2.27. The van der Waals surface area contributed by atoms with Crippen LogP contribution in [0.2, 0.25) is 0 Å². The van der Waals surface area contributed by atoms with Crippen molar-refractivity contribution in [1.29, 1.82) is 0 Å². The summed E-state index contributed by atoms with van der Waals surface area (Å²) in [6, 6.07) is 4.18. The number of hydrogen-bond acceptors (Lipinski definition) is 3. The Morgan fingerprint density at radius 3 is 3.00 bits per heavy atom. The fourth-order valence-corrected chi connectivity index (χ4v) is 2.91. The van der Waals surface area contributed by atoms with Crippen molar-refractivity contribution in [2.75, 3.05) is 6.54 Å². The molecule has 0 atom stereocenters. The highest BCUT2D eigenvalue weighted by Crippen LogP contribution is 2.16. The number of aryl methyl sites for hydroxylation is 2. The molecule has 112 valence electrons. The third kappa shape index (κ3) is 2.93. The molecule has 1 aliphatic rings. The molecule has 0 aromatic carbocycles. The Morgan fingerprint density at radius 1 is 1.43 bits per heavy atom. The van der Waals surface area contributed by atoms with Gasteiger partial charge in [0.15, 0.2) is 0 Å². The molecule has 0 bridgehead atoms. The minimum absolute atomic E-state index is 0.0417. The SMILES string of the molecule is CCCc1nc2c(c(=O)[nH]1)CN(Cc1cccn1C)CC2. The van der Waals surface area contributed by atoms with Gasteiger partial charge >= 0.3 is 0 Å². The molecule has 2 aromatic rings. The molecule has 21 heavy (non-hydrogen) atoms. The van der Waals surface area contributed by atoms with Gasteiger partial charge in [-0.25, -0.2) is 4.98 Å². The Labute approximate surface area is 124 Å². The van der Waals surface area contributed by atoms with Crippen molar-refractivity contribution in [3.63, 3.8) is 0 Å². The van der Waals surface area contributed by atoms with Crippen molar-refractivity contribution in [1.82, 2.24) is 19.4 Å². The lowest BCUT2D eigenvalue weighted by molar-refractivity contribution is 0.236. The first-order valence-corrected chi connectivity index (χ1v) is 7.61. The van der Waals surface area contributed by atoms with Gasteiger partial charge in [-0.05, 0) is 18.6 Å². The molecular weight excluding hydrogens is 264 g/mol. The number of fused-ring (bicyclic) bond motifs is 1. The van der Waals surface area contributed by atoms with Gasteiger partial charge in [-0.2, -0.15) is 0 Å². The van der Waals surface area contributed by atoms with E-state index in [0.29, 0.717) is 6.54 Å². The second-order valence-corrected chi connectivity index (χ2v) is 5.76. The molecule has 2 aromatic heterocycles. The second kappa shape index (κ2) is 5.85. The van der Waals surface area contributed by atoms with Crippen molar-refractivity contribution >= 4 is 0 Å². The number of H-pyrrole nitrogens is 1. The van der Waals surface area contributed by atoms with E-state index in [9.17, 15) is 4.79 Å². The molecule has 0 unspecified atom stereocenters. The molecule has 0 fully saturated rings. The van der Waals surface area contributed by atoms with Gasteiger partial charge in [0.1, 0.15) is 5.82 Å². The Bertz CT molecular complexity index is 686. The lowest BCUT2D eigenvalue weighted by Crippen LogP contribution is -2.36. The van der Waals surface area contributed by atoms with Crippen LogP contribution < -0.4 is 5.56 Å². The molecule has 0 amide bonds. The topological polar surface area (TPSA) is 53.9 Å². The maximum absolute atomic E-state index is 12.2. The summed E-state index contributed by atoms with van der Waals surface area (Å²) in [6.07, 6.45) is 4.76. The summed E-state index contributed by atoms with van der Waals surface area (Å²) >= 11 is 0. The van der Waals surface area contributed by atoms with Crippen LogP contribution in [0.3, 0.4) is 0 Å². The highest BCUT2D eigenvalue weighted by Gasteiger charge is 2.21. The summed E-state index contributed by atoms with van der Waals surface area (Å²) < 4.78 is 2.13. The van der Waals surface area contributed by atoms with Crippen LogP contribution in [0.5, 0.6) is 0 Å². The van der Waals surface area contributed by atoms with E-state index in [0.717, 1.165) is 49.4 Å². The van der Waals surface area contributed by atoms with Gasteiger partial charge in [-0.1, -0.05) is 6.92 Å². The molecule has 5 heteroatoms. The fraction of sp³-hybridized carbons (Fsp3) is 0.500. The summed E-state index contributed by atoms with van der Waals surface area (Å²) in [5.74, 6) is 0.831. The summed E-state index contributed by atoms with van der Waals surface area (Å²) in [5.41, 5.74) is 3.14. The number of aromatic amines is 1. The third-order valence-electron chi connectivity index (χ3n) is 4.12. The first-order valence-electron chi connectivity index (χ1n) is 7.61. The predicted molar refractivity (Wildman–Crippen MR) is 82.1 cm³/mol. The number of hydrogen-bond donors (Lipinski definition) is 1. The van der Waals surface area contributed by atoms with Crippen LogP contribution in [0.25, 0.3) is 0 Å². The summed E-state index contributed by atoms with van der Waals surface area (Å²) in [5, 5.41) is 0. The van der Waals surface area contributed by atoms with Gasteiger partial charge in [0, 0.05) is 51.4 Å². The fourth-order valence-electron chi connectivity index (χ4n) is 2.91. The zero-order valence-electron chi connectivity index (χ0n) is 12.7. The van der Waals surface area contributed by atoms with Crippen LogP contribution in [-0.2, 0) is 33.0 Å². The quantitative estimate of drug-likeness (QED) is 0.929. The van der Waals surface area contributed by atoms with E-state index >= 15 is 0 Å². The van der Waals surface area contributed by atoms with E-state index in [1.165, 1.54) is 5.69 Å². The average molecular weight is 286 g/mol. The third-order valence-corrected chi connectivity index (χ3v) is 4.12. The van der Waals surface area contributed by atoms with Gasteiger partial charge in [0.05, 0.1) is 11.3 Å². The Hall–Kier alpha value is -1.88. The maximum atomic E-state index is 12.2. The lowest BCUT2D eigenvalue weighted by atomic mass is 10.1. The molecule has 0 saturated carbocycles. The van der Waals surface area contributed by atoms with Crippen molar-refractivity contribution in [2.24, 2.45) is 7.05 Å². The van der Waals surface area contributed by atoms with E-state index in [-0.39, 0.29) is 5.56 Å². The Balaban J connectivity index is 1.79. The van der Waals surface area contributed by atoms with Gasteiger partial charge in [-0.3, -0.25) is 9.69 Å². The minimum atomic E-state index is 0.0417. The van der Waals surface area contributed by atoms with Crippen LogP contribution in [0.1, 0.15) is 36.1 Å². The first kappa shape index (κ1) is 14.1. The predicted octanol–water partition coefficient (Wildman–Crippen LogP) is 1.62. The van der Waals surface area contributed by atoms with Gasteiger partial charge in [0.2, 0.25) is 0 Å². The van der Waals surface area contributed by atoms with Gasteiger partial charge in [0.25, 0.3) is 5.56 Å². The normalized spacial score (nSPS) is 15.1. The molecule has 0 spiro atoms. The highest BCUT2D eigenvalue weighted by atomic mass is 16.1. The van der Waals surface area contributed by atoms with Gasteiger partial charge < -0.3 is 9.55 Å².